The van der Waals surface area contributed by atoms with E-state index >= 15 is 0 Å². The number of ether oxygens (including phenoxy) is 1. The fraction of sp³-hybridized carbons (Fsp3) is 0.406. The molecule has 0 saturated carbocycles. The number of methoxy groups -OCH3 is 1. The highest BCUT2D eigenvalue weighted by Crippen LogP contribution is 2.38. The van der Waals surface area contributed by atoms with Crippen LogP contribution in [0.2, 0.25) is 0 Å². The number of nitrogens with zero attached hydrogens (tertiary/aromatic N) is 7. The number of piperidine rings is 2. The second kappa shape index (κ2) is 12.4. The Hall–Kier alpha value is -4.65. The van der Waals surface area contributed by atoms with Gasteiger partial charge in [0.15, 0.2) is 16.6 Å². The highest BCUT2D eigenvalue weighted by molar-refractivity contribution is 7.80. The SMILES string of the molecule is COc1cc(C2NC(=S)Nc3c2c(C)nn3-c2ccc(Nc3nc(N4CCCCC4)nc(N4CCCCC4)n3)cc2)ccc1O. The monoisotopic (exact) mass is 626 g/mol. The lowest BCUT2D eigenvalue weighted by Gasteiger charge is -2.30. The molecule has 2 fully saturated rings. The van der Waals surface area contributed by atoms with Crippen molar-refractivity contribution in [3.05, 3.63) is 59.3 Å². The molecule has 45 heavy (non-hydrogen) atoms. The third-order valence-corrected chi connectivity index (χ3v) is 8.92. The van der Waals surface area contributed by atoms with Crippen LogP contribution in [0.15, 0.2) is 42.5 Å². The number of rotatable bonds is 7. The molecule has 2 aromatic carbocycles. The van der Waals surface area contributed by atoms with Gasteiger partial charge in [-0.3, -0.25) is 0 Å². The summed E-state index contributed by atoms with van der Waals surface area (Å²) in [6, 6.07) is 13.1. The van der Waals surface area contributed by atoms with Gasteiger partial charge >= 0.3 is 0 Å². The lowest BCUT2D eigenvalue weighted by molar-refractivity contribution is 0.372. The Kier molecular flexibility index (Phi) is 8.01. The Morgan fingerprint density at radius 2 is 1.53 bits per heavy atom. The number of aromatic hydroxyl groups is 1. The van der Waals surface area contributed by atoms with Gasteiger partial charge in [0.05, 0.1) is 24.5 Å². The fourth-order valence-electron chi connectivity index (χ4n) is 6.36. The number of fused-ring (bicyclic) bond motifs is 1. The zero-order valence-electron chi connectivity index (χ0n) is 25.6. The van der Waals surface area contributed by atoms with Crippen LogP contribution in [0.1, 0.15) is 61.4 Å². The van der Waals surface area contributed by atoms with E-state index in [-0.39, 0.29) is 11.8 Å². The Morgan fingerprint density at radius 1 is 0.889 bits per heavy atom. The van der Waals surface area contributed by atoms with Gasteiger partial charge in [0.2, 0.25) is 17.8 Å². The summed E-state index contributed by atoms with van der Waals surface area (Å²) in [5.74, 6) is 3.33. The van der Waals surface area contributed by atoms with E-state index in [1.54, 1.807) is 6.07 Å². The highest BCUT2D eigenvalue weighted by atomic mass is 32.1. The van der Waals surface area contributed by atoms with Crippen molar-refractivity contribution in [2.45, 2.75) is 51.5 Å². The number of phenols is 1. The van der Waals surface area contributed by atoms with Gasteiger partial charge in [-0.05, 0) is 99.6 Å². The van der Waals surface area contributed by atoms with Gasteiger partial charge in [-0.15, -0.1) is 0 Å². The summed E-state index contributed by atoms with van der Waals surface area (Å²) in [6.45, 7) is 5.87. The van der Waals surface area contributed by atoms with Crippen molar-refractivity contribution in [3.63, 3.8) is 0 Å². The first-order valence-corrected chi connectivity index (χ1v) is 16.0. The van der Waals surface area contributed by atoms with Crippen LogP contribution in [0.3, 0.4) is 0 Å². The van der Waals surface area contributed by atoms with E-state index < -0.39 is 0 Å². The number of anilines is 5. The van der Waals surface area contributed by atoms with Gasteiger partial charge in [0, 0.05) is 37.4 Å². The van der Waals surface area contributed by atoms with E-state index in [2.05, 4.69) is 25.8 Å². The van der Waals surface area contributed by atoms with Crippen LogP contribution in [0.5, 0.6) is 11.5 Å². The topological polar surface area (TPSA) is 129 Å². The van der Waals surface area contributed by atoms with Gasteiger partial charge < -0.3 is 35.6 Å². The highest BCUT2D eigenvalue weighted by Gasteiger charge is 2.31. The predicted octanol–water partition coefficient (Wildman–Crippen LogP) is 5.19. The Bertz CT molecular complexity index is 1660. The molecule has 2 aromatic heterocycles. The van der Waals surface area contributed by atoms with Gasteiger partial charge in [-0.2, -0.15) is 20.1 Å². The summed E-state index contributed by atoms with van der Waals surface area (Å²) in [5.41, 5.74) is 4.48. The molecule has 2 saturated heterocycles. The first-order valence-electron chi connectivity index (χ1n) is 15.6. The Morgan fingerprint density at radius 3 is 2.16 bits per heavy atom. The summed E-state index contributed by atoms with van der Waals surface area (Å²) in [6.07, 6.45) is 7.13. The lowest BCUT2D eigenvalue weighted by atomic mass is 9.97. The van der Waals surface area contributed by atoms with Crippen molar-refractivity contribution in [2.24, 2.45) is 0 Å². The summed E-state index contributed by atoms with van der Waals surface area (Å²) >= 11 is 5.59. The van der Waals surface area contributed by atoms with Crippen LogP contribution in [-0.4, -0.2) is 68.2 Å². The number of thiocarbonyl (C=S) groups is 1. The standard InChI is InChI=1S/C32H38N10O2S/c1-20-26-27(21-9-14-24(43)25(19-21)44-2)34-32(45)35-28(26)42(39-20)23-12-10-22(11-13-23)33-29-36-30(40-15-5-3-6-16-40)38-31(37-29)41-17-7-4-8-18-41/h9-14,19,27,43H,3-8,15-18H2,1-2H3,(H2,34,35,45)(H,33,36,37,38). The number of aromatic nitrogens is 5. The minimum absolute atomic E-state index is 0.0849. The first kappa shape index (κ1) is 29.1. The molecule has 4 aromatic rings. The molecule has 7 rings (SSSR count). The minimum atomic E-state index is -0.259. The molecule has 12 nitrogen and oxygen atoms in total. The first-order chi connectivity index (χ1) is 22.0. The predicted molar refractivity (Wildman–Crippen MR) is 179 cm³/mol. The van der Waals surface area contributed by atoms with Crippen molar-refractivity contribution in [1.82, 2.24) is 30.0 Å². The molecule has 1 unspecified atom stereocenters. The number of hydrogen-bond donors (Lipinski definition) is 4. The summed E-state index contributed by atoms with van der Waals surface area (Å²) in [5, 5.41) is 25.6. The molecule has 3 aliphatic heterocycles. The second-order valence-electron chi connectivity index (χ2n) is 11.7. The van der Waals surface area contributed by atoms with Gasteiger partial charge in [-0.25, -0.2) is 4.68 Å². The van der Waals surface area contributed by atoms with Crippen LogP contribution in [0, 0.1) is 6.92 Å². The molecular weight excluding hydrogens is 588 g/mol. The normalized spacial score (nSPS) is 18.2. The maximum Gasteiger partial charge on any atom is 0.233 e. The molecule has 0 radical (unpaired) electrons. The number of phenolic OH excluding ortho intramolecular Hbond substituents is 1. The van der Waals surface area contributed by atoms with E-state index in [4.69, 9.17) is 37.0 Å². The minimum Gasteiger partial charge on any atom is -0.504 e. The van der Waals surface area contributed by atoms with Crippen LogP contribution >= 0.6 is 12.2 Å². The lowest BCUT2D eigenvalue weighted by Crippen LogP contribution is -2.38. The molecule has 0 bridgehead atoms. The van der Waals surface area contributed by atoms with E-state index in [1.807, 2.05) is 48.0 Å². The van der Waals surface area contributed by atoms with E-state index in [0.29, 0.717) is 16.8 Å². The van der Waals surface area contributed by atoms with Crippen molar-refractivity contribution < 1.29 is 9.84 Å². The Balaban J connectivity index is 1.17. The maximum atomic E-state index is 10.1. The van der Waals surface area contributed by atoms with Crippen LogP contribution in [0.25, 0.3) is 5.69 Å². The summed E-state index contributed by atoms with van der Waals surface area (Å²) in [4.78, 5) is 19.2. The van der Waals surface area contributed by atoms with Gasteiger partial charge in [0.1, 0.15) is 5.82 Å². The van der Waals surface area contributed by atoms with Gasteiger partial charge in [-0.1, -0.05) is 6.07 Å². The average molecular weight is 627 g/mol. The summed E-state index contributed by atoms with van der Waals surface area (Å²) < 4.78 is 7.23. The second-order valence-corrected chi connectivity index (χ2v) is 12.2. The van der Waals surface area contributed by atoms with Crippen LogP contribution in [0.4, 0.5) is 29.4 Å². The molecule has 0 amide bonds. The van der Waals surface area contributed by atoms with Crippen molar-refractivity contribution >= 4 is 46.7 Å². The average Bonchev–Trinajstić information content (AvgIpc) is 3.41. The molecule has 13 heteroatoms. The number of benzene rings is 2. The molecule has 0 spiro atoms. The number of hydrogen-bond acceptors (Lipinski definition) is 10. The number of aryl methyl sites for hydroxylation is 1. The molecule has 5 heterocycles. The van der Waals surface area contributed by atoms with E-state index in [1.165, 1.54) is 20.0 Å². The summed E-state index contributed by atoms with van der Waals surface area (Å²) in [7, 11) is 1.54. The fourth-order valence-corrected chi connectivity index (χ4v) is 6.57. The third kappa shape index (κ3) is 5.91. The Labute approximate surface area is 267 Å². The molecule has 0 aliphatic carbocycles. The van der Waals surface area contributed by atoms with E-state index in [9.17, 15) is 5.11 Å². The zero-order chi connectivity index (χ0) is 30.9. The quantitative estimate of drug-likeness (QED) is 0.202. The number of nitrogens with one attached hydrogen (secondary N) is 3. The molecule has 1 atom stereocenters. The molecule has 3 aliphatic rings. The molecule has 4 N–H and O–H groups in total. The maximum absolute atomic E-state index is 10.1. The zero-order valence-corrected chi connectivity index (χ0v) is 26.4. The third-order valence-electron chi connectivity index (χ3n) is 8.70. The molecular formula is C32H38N10O2S. The van der Waals surface area contributed by atoms with Crippen molar-refractivity contribution in [3.8, 4) is 17.2 Å². The van der Waals surface area contributed by atoms with Crippen molar-refractivity contribution in [2.75, 3.05) is 53.7 Å². The molecule has 234 valence electrons. The smallest absolute Gasteiger partial charge is 0.233 e. The van der Waals surface area contributed by atoms with E-state index in [0.717, 1.165) is 97.8 Å². The van der Waals surface area contributed by atoms with Crippen LogP contribution in [-0.2, 0) is 0 Å². The van der Waals surface area contributed by atoms with Gasteiger partial charge in [0.25, 0.3) is 0 Å². The largest absolute Gasteiger partial charge is 0.504 e. The van der Waals surface area contributed by atoms with Crippen molar-refractivity contribution in [1.29, 1.82) is 0 Å². The van der Waals surface area contributed by atoms with Crippen LogP contribution < -0.4 is 30.5 Å².